The maximum absolute atomic E-state index is 13.4. The first-order valence-electron chi connectivity index (χ1n) is 9.09. The molecule has 0 radical (unpaired) electrons. The fourth-order valence-electron chi connectivity index (χ4n) is 3.70. The van der Waals surface area contributed by atoms with Crippen molar-refractivity contribution in [1.82, 2.24) is 14.9 Å². The van der Waals surface area contributed by atoms with Gasteiger partial charge in [-0.15, -0.1) is 0 Å². The highest BCUT2D eigenvalue weighted by atomic mass is 19.1. The van der Waals surface area contributed by atoms with Gasteiger partial charge < -0.3 is 10.0 Å². The normalized spacial score (nSPS) is 17.2. The van der Waals surface area contributed by atoms with Gasteiger partial charge in [0.25, 0.3) is 5.91 Å². The SMILES string of the molecule is O=C(c1nc2ccccc2nc1O)N1CCCC(Cc2cccc(F)c2)C1. The van der Waals surface area contributed by atoms with E-state index in [1.54, 1.807) is 35.2 Å². The lowest BCUT2D eigenvalue weighted by Gasteiger charge is -2.32. The molecule has 1 aromatic heterocycles. The van der Waals surface area contributed by atoms with Crippen molar-refractivity contribution in [1.29, 1.82) is 0 Å². The molecule has 1 amide bonds. The Labute approximate surface area is 156 Å². The Hall–Kier alpha value is -3.02. The maximum Gasteiger partial charge on any atom is 0.278 e. The van der Waals surface area contributed by atoms with Crippen molar-refractivity contribution in [2.45, 2.75) is 19.3 Å². The Morgan fingerprint density at radius 1 is 1.15 bits per heavy atom. The zero-order chi connectivity index (χ0) is 18.8. The summed E-state index contributed by atoms with van der Waals surface area (Å²) in [5.74, 6) is -0.645. The predicted molar refractivity (Wildman–Crippen MR) is 99.9 cm³/mol. The number of rotatable bonds is 3. The first-order chi connectivity index (χ1) is 13.1. The molecule has 3 aromatic rings. The van der Waals surface area contributed by atoms with E-state index in [0.717, 1.165) is 24.8 Å². The highest BCUT2D eigenvalue weighted by Gasteiger charge is 2.28. The molecule has 0 saturated carbocycles. The molecule has 4 rings (SSSR count). The van der Waals surface area contributed by atoms with Gasteiger partial charge in [0, 0.05) is 13.1 Å². The zero-order valence-electron chi connectivity index (χ0n) is 14.8. The number of hydrogen-bond acceptors (Lipinski definition) is 4. The molecule has 1 unspecified atom stereocenters. The van der Waals surface area contributed by atoms with Crippen LogP contribution in [0.1, 0.15) is 28.9 Å². The molecule has 1 fully saturated rings. The van der Waals surface area contributed by atoms with E-state index < -0.39 is 0 Å². The molecule has 5 nitrogen and oxygen atoms in total. The van der Waals surface area contributed by atoms with Gasteiger partial charge in [0.2, 0.25) is 5.88 Å². The molecule has 0 aliphatic carbocycles. The van der Waals surface area contributed by atoms with Gasteiger partial charge in [-0.3, -0.25) is 4.79 Å². The molecule has 2 heterocycles. The lowest BCUT2D eigenvalue weighted by atomic mass is 9.91. The molecule has 6 heteroatoms. The number of para-hydroxylation sites is 2. The number of halogens is 1. The van der Waals surface area contributed by atoms with Crippen molar-refractivity contribution in [3.8, 4) is 5.88 Å². The number of aromatic hydroxyl groups is 1. The zero-order valence-corrected chi connectivity index (χ0v) is 14.8. The van der Waals surface area contributed by atoms with Gasteiger partial charge >= 0.3 is 0 Å². The quantitative estimate of drug-likeness (QED) is 0.771. The van der Waals surface area contributed by atoms with E-state index in [1.807, 2.05) is 12.1 Å². The van der Waals surface area contributed by atoms with Gasteiger partial charge in [0.15, 0.2) is 5.69 Å². The van der Waals surface area contributed by atoms with Crippen LogP contribution in [0.2, 0.25) is 0 Å². The number of carbonyl (C=O) groups is 1. The minimum absolute atomic E-state index is 0.0138. The van der Waals surface area contributed by atoms with Crippen molar-refractivity contribution < 1.29 is 14.3 Å². The third-order valence-corrected chi connectivity index (χ3v) is 4.97. The second-order valence-corrected chi connectivity index (χ2v) is 6.98. The number of amides is 1. The van der Waals surface area contributed by atoms with E-state index in [2.05, 4.69) is 9.97 Å². The van der Waals surface area contributed by atoms with Crippen LogP contribution in [0.5, 0.6) is 5.88 Å². The van der Waals surface area contributed by atoms with Gasteiger partial charge in [-0.1, -0.05) is 24.3 Å². The van der Waals surface area contributed by atoms with Crippen LogP contribution in [0.15, 0.2) is 48.5 Å². The molecule has 0 bridgehead atoms. The van der Waals surface area contributed by atoms with Gasteiger partial charge in [0.05, 0.1) is 11.0 Å². The molecule has 2 aromatic carbocycles. The first kappa shape index (κ1) is 17.4. The molecule has 27 heavy (non-hydrogen) atoms. The van der Waals surface area contributed by atoms with Crippen molar-refractivity contribution in [3.05, 3.63) is 65.6 Å². The number of hydrogen-bond donors (Lipinski definition) is 1. The summed E-state index contributed by atoms with van der Waals surface area (Å²) in [4.78, 5) is 23.0. The van der Waals surface area contributed by atoms with E-state index >= 15 is 0 Å². The van der Waals surface area contributed by atoms with Crippen molar-refractivity contribution in [3.63, 3.8) is 0 Å². The summed E-state index contributed by atoms with van der Waals surface area (Å²) in [6, 6.07) is 13.7. The smallest absolute Gasteiger partial charge is 0.278 e. The second-order valence-electron chi connectivity index (χ2n) is 6.98. The van der Waals surface area contributed by atoms with E-state index in [4.69, 9.17) is 0 Å². The number of likely N-dealkylation sites (tertiary alicyclic amines) is 1. The van der Waals surface area contributed by atoms with Crippen LogP contribution >= 0.6 is 0 Å². The highest BCUT2D eigenvalue weighted by Crippen LogP contribution is 2.25. The Morgan fingerprint density at radius 2 is 1.93 bits per heavy atom. The molecular weight excluding hydrogens is 345 g/mol. The van der Waals surface area contributed by atoms with Gasteiger partial charge in [-0.25, -0.2) is 14.4 Å². The lowest BCUT2D eigenvalue weighted by Crippen LogP contribution is -2.41. The molecule has 1 atom stereocenters. The highest BCUT2D eigenvalue weighted by molar-refractivity contribution is 5.96. The summed E-state index contributed by atoms with van der Waals surface area (Å²) in [5.41, 5.74) is 2.05. The Bertz CT molecular complexity index is 992. The minimum atomic E-state index is -0.342. The van der Waals surface area contributed by atoms with Crippen LogP contribution in [0, 0.1) is 11.7 Å². The lowest BCUT2D eigenvalue weighted by molar-refractivity contribution is 0.0663. The molecular formula is C21H20FN3O2. The van der Waals surface area contributed by atoms with Crippen LogP contribution in [0.4, 0.5) is 4.39 Å². The fourth-order valence-corrected chi connectivity index (χ4v) is 3.70. The topological polar surface area (TPSA) is 66.3 Å². The number of aromatic nitrogens is 2. The fraction of sp³-hybridized carbons (Fsp3) is 0.286. The van der Waals surface area contributed by atoms with Crippen LogP contribution in [-0.4, -0.2) is 39.0 Å². The van der Waals surface area contributed by atoms with Crippen molar-refractivity contribution >= 4 is 16.9 Å². The van der Waals surface area contributed by atoms with Crippen molar-refractivity contribution in [2.24, 2.45) is 5.92 Å². The third-order valence-electron chi connectivity index (χ3n) is 4.97. The molecule has 1 aliphatic rings. The van der Waals surface area contributed by atoms with E-state index in [0.29, 0.717) is 24.1 Å². The summed E-state index contributed by atoms with van der Waals surface area (Å²) in [6.07, 6.45) is 2.57. The molecule has 138 valence electrons. The molecule has 1 saturated heterocycles. The standard InChI is InChI=1S/C21H20FN3O2/c22-16-7-3-5-14(12-16)11-15-6-4-10-25(13-15)21(27)19-20(26)24-18-9-2-1-8-17(18)23-19/h1-3,5,7-9,12,15H,4,6,10-11,13H2,(H,24,26). The Kier molecular flexibility index (Phi) is 4.71. The maximum atomic E-state index is 13.4. The first-order valence-corrected chi connectivity index (χ1v) is 9.09. The van der Waals surface area contributed by atoms with Gasteiger partial charge in [-0.2, -0.15) is 0 Å². The number of carbonyl (C=O) groups excluding carboxylic acids is 1. The van der Waals surface area contributed by atoms with Crippen LogP contribution in [0.25, 0.3) is 11.0 Å². The Morgan fingerprint density at radius 3 is 2.70 bits per heavy atom. The average molecular weight is 365 g/mol. The molecule has 0 spiro atoms. The van der Waals surface area contributed by atoms with Gasteiger partial charge in [-0.05, 0) is 55.0 Å². The predicted octanol–water partition coefficient (Wildman–Crippen LogP) is 3.57. The van der Waals surface area contributed by atoms with Crippen molar-refractivity contribution in [2.75, 3.05) is 13.1 Å². The molecule has 1 aliphatic heterocycles. The second kappa shape index (κ2) is 7.31. The summed E-state index contributed by atoms with van der Waals surface area (Å²) in [7, 11) is 0. The number of piperidine rings is 1. The van der Waals surface area contributed by atoms with Crippen LogP contribution < -0.4 is 0 Å². The van der Waals surface area contributed by atoms with Crippen LogP contribution in [0.3, 0.4) is 0 Å². The van der Waals surface area contributed by atoms with E-state index in [-0.39, 0.29) is 29.2 Å². The minimum Gasteiger partial charge on any atom is -0.492 e. The van der Waals surface area contributed by atoms with E-state index in [1.165, 1.54) is 6.07 Å². The summed E-state index contributed by atoms with van der Waals surface area (Å²) in [6.45, 7) is 1.18. The summed E-state index contributed by atoms with van der Waals surface area (Å²) in [5, 5.41) is 10.2. The summed E-state index contributed by atoms with van der Waals surface area (Å²) < 4.78 is 13.4. The number of nitrogens with zero attached hydrogens (tertiary/aromatic N) is 3. The monoisotopic (exact) mass is 365 g/mol. The number of fused-ring (bicyclic) bond motifs is 1. The third kappa shape index (κ3) is 3.74. The summed E-state index contributed by atoms with van der Waals surface area (Å²) >= 11 is 0. The average Bonchev–Trinajstić information content (AvgIpc) is 2.67. The van der Waals surface area contributed by atoms with Crippen LogP contribution in [-0.2, 0) is 6.42 Å². The number of benzene rings is 2. The largest absolute Gasteiger partial charge is 0.492 e. The van der Waals surface area contributed by atoms with Gasteiger partial charge in [0.1, 0.15) is 5.82 Å². The van der Waals surface area contributed by atoms with E-state index in [9.17, 15) is 14.3 Å². The molecule has 1 N–H and O–H groups in total. The Balaban J connectivity index is 1.52.